The van der Waals surface area contributed by atoms with E-state index < -0.39 is 30.2 Å². The van der Waals surface area contributed by atoms with Crippen molar-refractivity contribution in [2.24, 2.45) is 5.41 Å². The summed E-state index contributed by atoms with van der Waals surface area (Å²) in [4.78, 5) is 14.9. The van der Waals surface area contributed by atoms with Gasteiger partial charge in [0.05, 0.1) is 24.8 Å². The maximum Gasteiger partial charge on any atom is 0.233 e. The van der Waals surface area contributed by atoms with Crippen molar-refractivity contribution < 1.29 is 13.6 Å². The van der Waals surface area contributed by atoms with Crippen molar-refractivity contribution >= 4 is 35.0 Å². The maximum atomic E-state index is 13.1. The minimum Gasteiger partial charge on any atom is -0.325 e. The second-order valence-corrected chi connectivity index (χ2v) is 6.65. The third-order valence-electron chi connectivity index (χ3n) is 4.54. The number of hydrogen-bond donors (Lipinski definition) is 2. The van der Waals surface area contributed by atoms with Gasteiger partial charge in [0.15, 0.2) is 0 Å². The number of alkyl halides is 2. The first-order chi connectivity index (χ1) is 9.99. The second-order valence-electron chi connectivity index (χ2n) is 6.03. The van der Waals surface area contributed by atoms with Crippen LogP contribution in [0, 0.1) is 5.41 Å². The van der Waals surface area contributed by atoms with Gasteiger partial charge in [-0.15, -0.1) is 0 Å². The normalized spacial score (nSPS) is 25.1. The molecule has 1 unspecified atom stereocenters. The van der Waals surface area contributed by atoms with Crippen LogP contribution in [0.15, 0.2) is 18.2 Å². The number of nitrogens with one attached hydrogen (secondary N) is 2. The third-order valence-corrected chi connectivity index (χ3v) is 5.15. The van der Waals surface area contributed by atoms with E-state index >= 15 is 0 Å². The van der Waals surface area contributed by atoms with E-state index in [1.54, 1.807) is 18.2 Å². The molecule has 0 radical (unpaired) electrons. The minimum atomic E-state index is -1.03. The van der Waals surface area contributed by atoms with Crippen LogP contribution in [0.4, 0.5) is 14.5 Å². The third kappa shape index (κ3) is 2.14. The van der Waals surface area contributed by atoms with Crippen LogP contribution in [0.2, 0.25) is 5.02 Å². The van der Waals surface area contributed by atoms with Gasteiger partial charge in [0.1, 0.15) is 0 Å². The van der Waals surface area contributed by atoms with Crippen molar-refractivity contribution in [1.29, 1.82) is 0 Å². The van der Waals surface area contributed by atoms with Gasteiger partial charge in [-0.1, -0.05) is 17.7 Å². The van der Waals surface area contributed by atoms with E-state index in [0.717, 1.165) is 5.56 Å². The van der Waals surface area contributed by atoms with Crippen LogP contribution in [0.5, 0.6) is 0 Å². The molecule has 114 valence electrons. The van der Waals surface area contributed by atoms with Crippen molar-refractivity contribution in [1.82, 2.24) is 4.84 Å². The first-order valence-corrected chi connectivity index (χ1v) is 7.35. The second kappa shape index (κ2) is 5.07. The van der Waals surface area contributed by atoms with Crippen molar-refractivity contribution in [3.63, 3.8) is 0 Å². The summed E-state index contributed by atoms with van der Waals surface area (Å²) in [6.07, 6.45) is 0.354. The van der Waals surface area contributed by atoms with Crippen LogP contribution in [0.25, 0.3) is 0 Å². The lowest BCUT2D eigenvalue weighted by Gasteiger charge is -2.55. The molecule has 2 aliphatic rings. The highest BCUT2D eigenvalue weighted by molar-refractivity contribution is 6.31. The van der Waals surface area contributed by atoms with Crippen LogP contribution >= 0.6 is 23.4 Å². The van der Waals surface area contributed by atoms with E-state index in [1.807, 2.05) is 0 Å². The van der Waals surface area contributed by atoms with Crippen LogP contribution < -0.4 is 10.2 Å². The summed E-state index contributed by atoms with van der Waals surface area (Å²) in [6, 6.07) is 5.10. The molecular weight excluding hydrogens is 321 g/mol. The van der Waals surface area contributed by atoms with E-state index in [1.165, 1.54) is 0 Å². The van der Waals surface area contributed by atoms with Crippen molar-refractivity contribution in [2.45, 2.75) is 24.3 Å². The molecule has 1 atom stereocenters. The van der Waals surface area contributed by atoms with Gasteiger partial charge in [-0.25, -0.2) is 4.84 Å². The quantitative estimate of drug-likeness (QED) is 0.826. The Morgan fingerprint density at radius 3 is 2.57 bits per heavy atom. The Balaban J connectivity index is 1.95. The van der Waals surface area contributed by atoms with Crippen molar-refractivity contribution in [2.75, 3.05) is 18.7 Å². The van der Waals surface area contributed by atoms with E-state index in [4.69, 9.17) is 23.4 Å². The van der Waals surface area contributed by atoms with Crippen molar-refractivity contribution in [3.05, 3.63) is 28.8 Å². The molecule has 0 bridgehead atoms. The van der Waals surface area contributed by atoms with E-state index in [0.29, 0.717) is 10.7 Å². The summed E-state index contributed by atoms with van der Waals surface area (Å²) in [5.74, 6) is -0.805. The molecule has 0 spiro atoms. The average molecular weight is 335 g/mol. The zero-order chi connectivity index (χ0) is 15.3. The molecule has 0 saturated heterocycles. The fraction of sp³-hybridized carbons (Fsp3) is 0.500. The summed E-state index contributed by atoms with van der Waals surface area (Å²) in [7, 11) is 0. The van der Waals surface area contributed by atoms with Gasteiger partial charge in [-0.05, 0) is 42.3 Å². The van der Waals surface area contributed by atoms with E-state index in [2.05, 4.69) is 10.2 Å². The van der Waals surface area contributed by atoms with Gasteiger partial charge < -0.3 is 5.32 Å². The van der Waals surface area contributed by atoms with E-state index in [-0.39, 0.29) is 18.7 Å². The van der Waals surface area contributed by atoms with Gasteiger partial charge >= 0.3 is 0 Å². The van der Waals surface area contributed by atoms with Gasteiger partial charge in [0, 0.05) is 16.1 Å². The molecule has 7 heteroatoms. The average Bonchev–Trinajstić information content (AvgIpc) is 2.76. The zero-order valence-corrected chi connectivity index (χ0v) is 12.6. The summed E-state index contributed by atoms with van der Waals surface area (Å²) in [5.41, 5.74) is -0.481. The lowest BCUT2D eigenvalue weighted by atomic mass is 9.53. The van der Waals surface area contributed by atoms with Gasteiger partial charge in [-0.2, -0.15) is 0 Å². The Morgan fingerprint density at radius 2 is 2.00 bits per heavy atom. The summed E-state index contributed by atoms with van der Waals surface area (Å²) in [5, 5.41) is 3.26. The Bertz CT molecular complexity index is 584. The molecule has 1 fully saturated rings. The molecule has 1 amide bonds. The standard InChI is InChI=1S/C14H14Cl2F2N2O/c15-8-1-2-9-10(3-8)19-12(21)11(9)14(20-16)4-13(5-14,6-17)7-18/h1-3,11,20H,4-7H2,(H,19,21). The number of amides is 1. The lowest BCUT2D eigenvalue weighted by Crippen LogP contribution is -2.64. The Labute approximate surface area is 131 Å². The van der Waals surface area contributed by atoms with Crippen molar-refractivity contribution in [3.8, 4) is 0 Å². The first-order valence-electron chi connectivity index (χ1n) is 6.59. The predicted molar refractivity (Wildman–Crippen MR) is 78.2 cm³/mol. The number of benzene rings is 1. The lowest BCUT2D eigenvalue weighted by molar-refractivity contribution is -0.123. The maximum absolute atomic E-state index is 13.1. The van der Waals surface area contributed by atoms with Crippen LogP contribution in [0.3, 0.4) is 0 Å². The van der Waals surface area contributed by atoms with Gasteiger partial charge in [0.2, 0.25) is 5.91 Å². The fourth-order valence-electron chi connectivity index (χ4n) is 3.62. The number of halogens is 4. The number of carbonyl (C=O) groups is 1. The number of hydrogen-bond acceptors (Lipinski definition) is 2. The molecule has 1 saturated carbocycles. The number of rotatable bonds is 4. The fourth-order valence-corrected chi connectivity index (χ4v) is 4.03. The molecule has 1 aromatic carbocycles. The smallest absolute Gasteiger partial charge is 0.233 e. The highest BCUT2D eigenvalue weighted by atomic mass is 35.5. The predicted octanol–water partition coefficient (Wildman–Crippen LogP) is 3.58. The Hall–Kier alpha value is -0.910. The topological polar surface area (TPSA) is 41.1 Å². The van der Waals surface area contributed by atoms with E-state index in [9.17, 15) is 13.6 Å². The Morgan fingerprint density at radius 1 is 1.33 bits per heavy atom. The monoisotopic (exact) mass is 334 g/mol. The largest absolute Gasteiger partial charge is 0.325 e. The van der Waals surface area contributed by atoms with Crippen LogP contribution in [-0.2, 0) is 4.79 Å². The van der Waals surface area contributed by atoms with Gasteiger partial charge in [0.25, 0.3) is 0 Å². The molecule has 3 nitrogen and oxygen atoms in total. The zero-order valence-electron chi connectivity index (χ0n) is 11.1. The highest BCUT2D eigenvalue weighted by Gasteiger charge is 2.61. The molecule has 21 heavy (non-hydrogen) atoms. The highest BCUT2D eigenvalue weighted by Crippen LogP contribution is 2.57. The molecule has 1 aliphatic heterocycles. The number of carbonyl (C=O) groups excluding carboxylic acids is 1. The molecular formula is C14H14Cl2F2N2O. The molecule has 1 heterocycles. The van der Waals surface area contributed by atoms with Crippen LogP contribution in [-0.4, -0.2) is 24.8 Å². The number of fused-ring (bicyclic) bond motifs is 1. The summed E-state index contributed by atoms with van der Waals surface area (Å²) in [6.45, 7) is -1.52. The summed E-state index contributed by atoms with van der Waals surface area (Å²) >= 11 is 11.8. The molecule has 1 aromatic rings. The molecule has 3 rings (SSSR count). The van der Waals surface area contributed by atoms with Crippen LogP contribution in [0.1, 0.15) is 24.3 Å². The Kier molecular flexibility index (Phi) is 3.62. The number of anilines is 1. The minimum absolute atomic E-state index is 0.177. The summed E-state index contributed by atoms with van der Waals surface area (Å²) < 4.78 is 26.2. The molecule has 1 aliphatic carbocycles. The molecule has 0 aromatic heterocycles. The first kappa shape index (κ1) is 15.0. The molecule has 2 N–H and O–H groups in total. The SMILES string of the molecule is O=C1Nc2cc(Cl)ccc2C1C1(NCl)CC(CF)(CF)C1. The van der Waals surface area contributed by atoms with Gasteiger partial charge in [-0.3, -0.25) is 13.6 Å².